The number of nitrogens with one attached hydrogen (secondary N) is 2. The van der Waals surface area contributed by atoms with Crippen molar-refractivity contribution < 1.29 is 14.6 Å². The molecule has 1 aromatic carbocycles. The minimum absolute atomic E-state index is 0.222. The first-order chi connectivity index (χ1) is 14.0. The van der Waals surface area contributed by atoms with Crippen molar-refractivity contribution >= 4 is 5.96 Å². The predicted octanol–water partition coefficient (Wildman–Crippen LogP) is 3.51. The lowest BCUT2D eigenvalue weighted by atomic mass is 9.94. The van der Waals surface area contributed by atoms with E-state index >= 15 is 0 Å². The highest BCUT2D eigenvalue weighted by Crippen LogP contribution is 2.21. The second-order valence-corrected chi connectivity index (χ2v) is 7.89. The molecule has 6 heteroatoms. The standard InChI is InChI=1S/C23H41N3O3/c1-6-24-23(25-16-20(10-11-27)14-18(2)3)26-17-21-9-8-19(4)15-22(21)29-13-7-12-28-5/h8-9,15,18,20,27H,6-7,10-14,16-17H2,1-5H3,(H2,24,25,26). The molecule has 1 atom stereocenters. The van der Waals surface area contributed by atoms with Gasteiger partial charge in [0.25, 0.3) is 0 Å². The van der Waals surface area contributed by atoms with E-state index in [9.17, 15) is 5.11 Å². The number of methoxy groups -OCH3 is 1. The predicted molar refractivity (Wildman–Crippen MR) is 121 cm³/mol. The van der Waals surface area contributed by atoms with Crippen molar-refractivity contribution in [1.82, 2.24) is 10.6 Å². The van der Waals surface area contributed by atoms with Crippen molar-refractivity contribution in [2.75, 3.05) is 40.0 Å². The summed E-state index contributed by atoms with van der Waals surface area (Å²) >= 11 is 0. The topological polar surface area (TPSA) is 75.1 Å². The maximum Gasteiger partial charge on any atom is 0.191 e. The second kappa shape index (κ2) is 15.1. The minimum Gasteiger partial charge on any atom is -0.493 e. The summed E-state index contributed by atoms with van der Waals surface area (Å²) in [6, 6.07) is 6.24. The molecule has 0 heterocycles. The van der Waals surface area contributed by atoms with Crippen LogP contribution in [0.3, 0.4) is 0 Å². The third-order valence-corrected chi connectivity index (χ3v) is 4.63. The van der Waals surface area contributed by atoms with Gasteiger partial charge in [0, 0.05) is 45.4 Å². The summed E-state index contributed by atoms with van der Waals surface area (Å²) in [7, 11) is 1.70. The van der Waals surface area contributed by atoms with Gasteiger partial charge in [0.15, 0.2) is 5.96 Å². The van der Waals surface area contributed by atoms with Crippen LogP contribution in [-0.4, -0.2) is 51.1 Å². The lowest BCUT2D eigenvalue weighted by Crippen LogP contribution is -2.40. The minimum atomic E-state index is 0.222. The molecular formula is C23H41N3O3. The molecule has 0 radical (unpaired) electrons. The Morgan fingerprint density at radius 1 is 1.21 bits per heavy atom. The van der Waals surface area contributed by atoms with Gasteiger partial charge in [-0.1, -0.05) is 26.0 Å². The van der Waals surface area contributed by atoms with Crippen molar-refractivity contribution in [3.05, 3.63) is 29.3 Å². The molecule has 0 bridgehead atoms. The highest BCUT2D eigenvalue weighted by atomic mass is 16.5. The molecule has 166 valence electrons. The lowest BCUT2D eigenvalue weighted by Gasteiger charge is -2.20. The van der Waals surface area contributed by atoms with Gasteiger partial charge in [-0.3, -0.25) is 0 Å². The molecule has 29 heavy (non-hydrogen) atoms. The van der Waals surface area contributed by atoms with Gasteiger partial charge in [0.1, 0.15) is 5.75 Å². The van der Waals surface area contributed by atoms with Gasteiger partial charge in [-0.05, 0) is 50.2 Å². The Labute approximate surface area is 177 Å². The Balaban J connectivity index is 2.76. The fourth-order valence-corrected chi connectivity index (χ4v) is 3.21. The smallest absolute Gasteiger partial charge is 0.191 e. The Morgan fingerprint density at radius 2 is 2.00 bits per heavy atom. The molecule has 1 unspecified atom stereocenters. The number of guanidine groups is 1. The summed E-state index contributed by atoms with van der Waals surface area (Å²) in [4.78, 5) is 4.76. The van der Waals surface area contributed by atoms with Crippen LogP contribution in [0, 0.1) is 18.8 Å². The van der Waals surface area contributed by atoms with Crippen LogP contribution < -0.4 is 15.4 Å². The number of rotatable bonds is 14. The molecule has 6 nitrogen and oxygen atoms in total. The molecular weight excluding hydrogens is 366 g/mol. The molecule has 3 N–H and O–H groups in total. The molecule has 0 aliphatic rings. The van der Waals surface area contributed by atoms with E-state index in [0.29, 0.717) is 31.6 Å². The van der Waals surface area contributed by atoms with Crippen LogP contribution in [-0.2, 0) is 11.3 Å². The zero-order chi connectivity index (χ0) is 21.5. The molecule has 0 aliphatic carbocycles. The number of hydrogen-bond acceptors (Lipinski definition) is 4. The maximum atomic E-state index is 9.33. The van der Waals surface area contributed by atoms with Crippen LogP contribution in [0.2, 0.25) is 0 Å². The van der Waals surface area contributed by atoms with Gasteiger partial charge in [-0.15, -0.1) is 0 Å². The van der Waals surface area contributed by atoms with Gasteiger partial charge in [-0.2, -0.15) is 0 Å². The van der Waals surface area contributed by atoms with E-state index in [2.05, 4.69) is 56.5 Å². The quantitative estimate of drug-likeness (QED) is 0.250. The van der Waals surface area contributed by atoms with Crippen LogP contribution in [0.5, 0.6) is 5.75 Å². The van der Waals surface area contributed by atoms with Crippen molar-refractivity contribution in [1.29, 1.82) is 0 Å². The number of aliphatic imine (C=N–C) groups is 1. The summed E-state index contributed by atoms with van der Waals surface area (Å²) in [6.07, 6.45) is 2.76. The molecule has 0 aliphatic heterocycles. The average molecular weight is 408 g/mol. The van der Waals surface area contributed by atoms with Crippen LogP contribution in [0.15, 0.2) is 23.2 Å². The monoisotopic (exact) mass is 407 g/mol. The number of aliphatic hydroxyl groups excluding tert-OH is 1. The van der Waals surface area contributed by atoms with Crippen LogP contribution in [0.4, 0.5) is 0 Å². The van der Waals surface area contributed by atoms with Gasteiger partial charge in [0.05, 0.1) is 13.2 Å². The molecule has 0 saturated carbocycles. The van der Waals surface area contributed by atoms with E-state index in [1.54, 1.807) is 7.11 Å². The first kappa shape index (κ1) is 25.2. The number of ether oxygens (including phenoxy) is 2. The summed E-state index contributed by atoms with van der Waals surface area (Å²) < 4.78 is 11.1. The fraction of sp³-hybridized carbons (Fsp3) is 0.696. The Kier molecular flexibility index (Phi) is 13.1. The average Bonchev–Trinajstić information content (AvgIpc) is 2.68. The van der Waals surface area contributed by atoms with Crippen LogP contribution in [0.1, 0.15) is 51.2 Å². The van der Waals surface area contributed by atoms with Gasteiger partial charge >= 0.3 is 0 Å². The van der Waals surface area contributed by atoms with E-state index < -0.39 is 0 Å². The summed E-state index contributed by atoms with van der Waals surface area (Å²) in [6.45, 7) is 12.3. The van der Waals surface area contributed by atoms with Crippen LogP contribution >= 0.6 is 0 Å². The van der Waals surface area contributed by atoms with Gasteiger partial charge < -0.3 is 25.2 Å². The third kappa shape index (κ3) is 11.1. The SMILES string of the molecule is CCNC(=NCc1ccc(C)cc1OCCCOC)NCC(CCO)CC(C)C. The van der Waals surface area contributed by atoms with E-state index in [4.69, 9.17) is 14.5 Å². The van der Waals surface area contributed by atoms with Crippen LogP contribution in [0.25, 0.3) is 0 Å². The molecule has 0 fully saturated rings. The number of aliphatic hydroxyl groups is 1. The van der Waals surface area contributed by atoms with E-state index in [1.807, 2.05) is 0 Å². The third-order valence-electron chi connectivity index (χ3n) is 4.63. The zero-order valence-electron chi connectivity index (χ0n) is 19.0. The van der Waals surface area contributed by atoms with Crippen molar-refractivity contribution in [3.8, 4) is 5.75 Å². The van der Waals surface area contributed by atoms with Crippen molar-refractivity contribution in [2.45, 2.75) is 53.5 Å². The summed E-state index contributed by atoms with van der Waals surface area (Å²) in [5, 5.41) is 16.1. The first-order valence-corrected chi connectivity index (χ1v) is 10.8. The van der Waals surface area contributed by atoms with Crippen molar-refractivity contribution in [2.24, 2.45) is 16.8 Å². The number of aryl methyl sites for hydroxylation is 1. The Hall–Kier alpha value is -1.79. The number of nitrogens with zero attached hydrogens (tertiary/aromatic N) is 1. The molecule has 0 saturated heterocycles. The Bertz CT molecular complexity index is 591. The van der Waals surface area contributed by atoms with Gasteiger partial charge in [-0.25, -0.2) is 4.99 Å². The van der Waals surface area contributed by atoms with E-state index in [0.717, 1.165) is 49.6 Å². The summed E-state index contributed by atoms with van der Waals surface area (Å²) in [5.41, 5.74) is 2.24. The molecule has 1 rings (SSSR count). The van der Waals surface area contributed by atoms with Gasteiger partial charge in [0.2, 0.25) is 0 Å². The van der Waals surface area contributed by atoms with E-state index in [1.165, 1.54) is 5.56 Å². The molecule has 0 amide bonds. The van der Waals surface area contributed by atoms with Crippen molar-refractivity contribution in [3.63, 3.8) is 0 Å². The summed E-state index contributed by atoms with van der Waals surface area (Å²) in [5.74, 6) is 2.73. The normalized spacial score (nSPS) is 12.9. The van der Waals surface area contributed by atoms with E-state index in [-0.39, 0.29) is 6.61 Å². The lowest BCUT2D eigenvalue weighted by molar-refractivity contribution is 0.172. The highest BCUT2D eigenvalue weighted by Gasteiger charge is 2.12. The molecule has 0 aromatic heterocycles. The number of hydrogen-bond donors (Lipinski definition) is 3. The Morgan fingerprint density at radius 3 is 2.66 bits per heavy atom. The molecule has 0 spiro atoms. The highest BCUT2D eigenvalue weighted by molar-refractivity contribution is 5.79. The largest absolute Gasteiger partial charge is 0.493 e. The zero-order valence-corrected chi connectivity index (χ0v) is 19.0. The first-order valence-electron chi connectivity index (χ1n) is 10.8. The second-order valence-electron chi connectivity index (χ2n) is 7.89. The fourth-order valence-electron chi connectivity index (χ4n) is 3.21. The number of benzene rings is 1. The molecule has 1 aromatic rings. The maximum absolute atomic E-state index is 9.33.